The third-order valence-electron chi connectivity index (χ3n) is 1.96. The first-order chi connectivity index (χ1) is 7.52. The molecule has 0 heterocycles. The lowest BCUT2D eigenvalue weighted by molar-refractivity contribution is -0.126. The number of carbonyl (C=O) groups is 2. The minimum atomic E-state index is -0.544. The maximum atomic E-state index is 11.4. The number of nitrogens with two attached hydrogens (primary N) is 1. The van der Waals surface area contributed by atoms with Crippen molar-refractivity contribution in [3.05, 3.63) is 28.8 Å². The van der Waals surface area contributed by atoms with E-state index in [4.69, 9.17) is 17.4 Å². The Hall–Kier alpha value is -1.59. The Bertz CT molecular complexity index is 421. The summed E-state index contributed by atoms with van der Waals surface area (Å²) < 4.78 is 0. The van der Waals surface area contributed by atoms with E-state index >= 15 is 0 Å². The molecular weight excluding hydrogens is 230 g/mol. The van der Waals surface area contributed by atoms with Gasteiger partial charge >= 0.3 is 0 Å². The van der Waals surface area contributed by atoms with Crippen LogP contribution in [0.3, 0.4) is 0 Å². The molecule has 0 saturated carbocycles. The van der Waals surface area contributed by atoms with Crippen molar-refractivity contribution in [1.82, 2.24) is 5.43 Å². The van der Waals surface area contributed by atoms with E-state index < -0.39 is 11.8 Å². The van der Waals surface area contributed by atoms with Gasteiger partial charge in [0.05, 0.1) is 0 Å². The van der Waals surface area contributed by atoms with Crippen LogP contribution in [-0.4, -0.2) is 11.8 Å². The van der Waals surface area contributed by atoms with Gasteiger partial charge in [0.1, 0.15) is 6.42 Å². The standard InChI is InChI=1S/C10H12ClN3O2/c1-6-2-3-7(11)4-8(6)13-9(15)5-10(16)14-12/h2-4H,5,12H2,1H3,(H,13,15)(H,14,16). The SMILES string of the molecule is Cc1ccc(Cl)cc1NC(=O)CC(=O)NN. The highest BCUT2D eigenvalue weighted by Crippen LogP contribution is 2.20. The van der Waals surface area contributed by atoms with Crippen LogP contribution in [0.2, 0.25) is 5.02 Å². The minimum Gasteiger partial charge on any atom is -0.325 e. The van der Waals surface area contributed by atoms with Crippen LogP contribution < -0.4 is 16.6 Å². The summed E-state index contributed by atoms with van der Waals surface area (Å²) in [6.07, 6.45) is -0.317. The molecule has 86 valence electrons. The molecule has 5 nitrogen and oxygen atoms in total. The number of hydrogen-bond acceptors (Lipinski definition) is 3. The summed E-state index contributed by atoms with van der Waals surface area (Å²) in [5.41, 5.74) is 3.33. The average molecular weight is 242 g/mol. The number of hydrogen-bond donors (Lipinski definition) is 3. The number of anilines is 1. The Kier molecular flexibility index (Phi) is 4.28. The molecule has 0 spiro atoms. The normalized spacial score (nSPS) is 9.69. The zero-order valence-electron chi connectivity index (χ0n) is 8.71. The zero-order chi connectivity index (χ0) is 12.1. The van der Waals surface area contributed by atoms with E-state index in [9.17, 15) is 9.59 Å². The van der Waals surface area contributed by atoms with Crippen LogP contribution in [0, 0.1) is 6.92 Å². The summed E-state index contributed by atoms with van der Waals surface area (Å²) in [6, 6.07) is 5.12. The van der Waals surface area contributed by atoms with Crippen molar-refractivity contribution in [1.29, 1.82) is 0 Å². The van der Waals surface area contributed by atoms with Crippen LogP contribution in [0.1, 0.15) is 12.0 Å². The first-order valence-electron chi connectivity index (χ1n) is 4.58. The van der Waals surface area contributed by atoms with Gasteiger partial charge in [0.2, 0.25) is 11.8 Å². The lowest BCUT2D eigenvalue weighted by Crippen LogP contribution is -2.33. The van der Waals surface area contributed by atoms with Crippen LogP contribution in [0.15, 0.2) is 18.2 Å². The summed E-state index contributed by atoms with van der Waals surface area (Å²) in [5.74, 6) is 3.89. The highest BCUT2D eigenvalue weighted by molar-refractivity contribution is 6.31. The topological polar surface area (TPSA) is 84.2 Å². The van der Waals surface area contributed by atoms with E-state index in [2.05, 4.69) is 5.32 Å². The number of hydrazine groups is 1. The van der Waals surface area contributed by atoms with Crippen molar-refractivity contribution in [2.75, 3.05) is 5.32 Å². The Morgan fingerprint density at radius 2 is 2.06 bits per heavy atom. The van der Waals surface area contributed by atoms with Crippen molar-refractivity contribution in [2.45, 2.75) is 13.3 Å². The van der Waals surface area contributed by atoms with E-state index in [-0.39, 0.29) is 6.42 Å². The second-order valence-corrected chi connectivity index (χ2v) is 3.69. The number of amides is 2. The molecule has 0 radical (unpaired) electrons. The second kappa shape index (κ2) is 5.48. The maximum Gasteiger partial charge on any atom is 0.243 e. The van der Waals surface area contributed by atoms with Crippen molar-refractivity contribution in [3.63, 3.8) is 0 Å². The summed E-state index contributed by atoms with van der Waals surface area (Å²) in [5, 5.41) is 3.09. The molecule has 0 unspecified atom stereocenters. The van der Waals surface area contributed by atoms with Gasteiger partial charge in [-0.05, 0) is 24.6 Å². The Balaban J connectivity index is 2.69. The highest BCUT2D eigenvalue weighted by Gasteiger charge is 2.09. The Morgan fingerprint density at radius 3 is 2.69 bits per heavy atom. The van der Waals surface area contributed by atoms with Crippen LogP contribution in [0.25, 0.3) is 0 Å². The summed E-state index contributed by atoms with van der Waals surface area (Å²) in [6.45, 7) is 1.83. The summed E-state index contributed by atoms with van der Waals surface area (Å²) >= 11 is 5.78. The van der Waals surface area contributed by atoms with Crippen molar-refractivity contribution in [3.8, 4) is 0 Å². The molecule has 2 amide bonds. The van der Waals surface area contributed by atoms with Gasteiger partial charge in [-0.15, -0.1) is 0 Å². The number of rotatable bonds is 3. The Morgan fingerprint density at radius 1 is 1.38 bits per heavy atom. The monoisotopic (exact) mass is 241 g/mol. The lowest BCUT2D eigenvalue weighted by atomic mass is 10.2. The average Bonchev–Trinajstić information content (AvgIpc) is 2.23. The third-order valence-corrected chi connectivity index (χ3v) is 2.19. The fourth-order valence-corrected chi connectivity index (χ4v) is 1.29. The molecule has 6 heteroatoms. The predicted octanol–water partition coefficient (Wildman–Crippen LogP) is 0.967. The zero-order valence-corrected chi connectivity index (χ0v) is 9.47. The van der Waals surface area contributed by atoms with Crippen molar-refractivity contribution >= 4 is 29.1 Å². The van der Waals surface area contributed by atoms with Gasteiger partial charge in [0.15, 0.2) is 0 Å². The second-order valence-electron chi connectivity index (χ2n) is 3.25. The van der Waals surface area contributed by atoms with E-state index in [1.807, 2.05) is 12.3 Å². The Labute approximate surface area is 97.9 Å². The van der Waals surface area contributed by atoms with Gasteiger partial charge in [0, 0.05) is 10.7 Å². The molecule has 16 heavy (non-hydrogen) atoms. The molecule has 0 bridgehead atoms. The number of halogens is 1. The van der Waals surface area contributed by atoms with Gasteiger partial charge in [0.25, 0.3) is 0 Å². The van der Waals surface area contributed by atoms with Crippen LogP contribution in [-0.2, 0) is 9.59 Å². The van der Waals surface area contributed by atoms with Crippen LogP contribution in [0.5, 0.6) is 0 Å². The number of nitrogens with one attached hydrogen (secondary N) is 2. The third kappa shape index (κ3) is 3.52. The molecule has 0 fully saturated rings. The highest BCUT2D eigenvalue weighted by atomic mass is 35.5. The molecule has 0 aromatic heterocycles. The van der Waals surface area contributed by atoms with Gasteiger partial charge in [-0.3, -0.25) is 15.0 Å². The van der Waals surface area contributed by atoms with E-state index in [0.29, 0.717) is 10.7 Å². The van der Waals surface area contributed by atoms with Gasteiger partial charge in [-0.25, -0.2) is 5.84 Å². The van der Waals surface area contributed by atoms with E-state index in [1.54, 1.807) is 18.2 Å². The molecule has 1 aromatic rings. The molecule has 0 atom stereocenters. The maximum absolute atomic E-state index is 11.4. The predicted molar refractivity (Wildman–Crippen MR) is 61.8 cm³/mol. The molecule has 4 N–H and O–H groups in total. The van der Waals surface area contributed by atoms with E-state index in [1.165, 1.54) is 0 Å². The van der Waals surface area contributed by atoms with Crippen LogP contribution in [0.4, 0.5) is 5.69 Å². The fourth-order valence-electron chi connectivity index (χ4n) is 1.12. The number of aryl methyl sites for hydroxylation is 1. The molecule has 0 saturated heterocycles. The lowest BCUT2D eigenvalue weighted by Gasteiger charge is -2.08. The molecule has 1 aromatic carbocycles. The van der Waals surface area contributed by atoms with Gasteiger partial charge in [-0.2, -0.15) is 0 Å². The quantitative estimate of drug-likeness (QED) is 0.319. The molecule has 1 rings (SSSR count). The molecular formula is C10H12ClN3O2. The molecule has 0 aliphatic heterocycles. The molecule has 0 aliphatic carbocycles. The van der Waals surface area contributed by atoms with Crippen molar-refractivity contribution < 1.29 is 9.59 Å². The molecule has 0 aliphatic rings. The number of carbonyl (C=O) groups excluding carboxylic acids is 2. The largest absolute Gasteiger partial charge is 0.325 e. The van der Waals surface area contributed by atoms with Crippen LogP contribution >= 0.6 is 11.6 Å². The van der Waals surface area contributed by atoms with Gasteiger partial charge in [-0.1, -0.05) is 17.7 Å². The fraction of sp³-hybridized carbons (Fsp3) is 0.200. The van der Waals surface area contributed by atoms with Crippen molar-refractivity contribution in [2.24, 2.45) is 5.84 Å². The smallest absolute Gasteiger partial charge is 0.243 e. The first kappa shape index (κ1) is 12.5. The minimum absolute atomic E-state index is 0.317. The van der Waals surface area contributed by atoms with Gasteiger partial charge < -0.3 is 5.32 Å². The summed E-state index contributed by atoms with van der Waals surface area (Å²) in [7, 11) is 0. The first-order valence-corrected chi connectivity index (χ1v) is 4.96. The number of benzene rings is 1. The summed E-state index contributed by atoms with van der Waals surface area (Å²) in [4.78, 5) is 22.2. The van der Waals surface area contributed by atoms with E-state index in [0.717, 1.165) is 5.56 Å².